The Kier molecular flexibility index (Phi) is 3.45. The zero-order valence-electron chi connectivity index (χ0n) is 10.00. The Labute approximate surface area is 93.7 Å². The van der Waals surface area contributed by atoms with Gasteiger partial charge in [0.2, 0.25) is 0 Å². The van der Waals surface area contributed by atoms with Gasteiger partial charge in [-0.15, -0.1) is 0 Å². The molecule has 0 spiro atoms. The van der Waals surface area contributed by atoms with Gasteiger partial charge in [-0.2, -0.15) is 0 Å². The lowest BCUT2D eigenvalue weighted by Gasteiger charge is -2.31. The summed E-state index contributed by atoms with van der Waals surface area (Å²) < 4.78 is 0. The monoisotopic (exact) mass is 202 g/mol. The van der Waals surface area contributed by atoms with Crippen molar-refractivity contribution >= 4 is 0 Å². The molecule has 0 saturated heterocycles. The summed E-state index contributed by atoms with van der Waals surface area (Å²) in [6.07, 6.45) is 6.75. The van der Waals surface area contributed by atoms with E-state index in [1.54, 1.807) is 11.1 Å². The molecule has 0 heteroatoms. The second-order valence-electron chi connectivity index (χ2n) is 4.77. The van der Waals surface area contributed by atoms with Gasteiger partial charge in [0.1, 0.15) is 0 Å². The fourth-order valence-electron chi connectivity index (χ4n) is 3.14. The third kappa shape index (κ3) is 2.09. The van der Waals surface area contributed by atoms with E-state index < -0.39 is 0 Å². The molecular weight excluding hydrogens is 180 g/mol. The first kappa shape index (κ1) is 10.7. The minimum Gasteiger partial charge on any atom is -0.0651 e. The summed E-state index contributed by atoms with van der Waals surface area (Å²) in [5.74, 6) is 1.73. The molecule has 0 radical (unpaired) electrons. The molecule has 2 rings (SSSR count). The van der Waals surface area contributed by atoms with E-state index in [0.717, 1.165) is 11.8 Å². The Morgan fingerprint density at radius 2 is 1.93 bits per heavy atom. The van der Waals surface area contributed by atoms with Crippen LogP contribution < -0.4 is 0 Å². The van der Waals surface area contributed by atoms with Crippen molar-refractivity contribution in [3.8, 4) is 0 Å². The lowest BCUT2D eigenvalue weighted by atomic mass is 9.74. The molecule has 0 saturated carbocycles. The van der Waals surface area contributed by atoms with Crippen molar-refractivity contribution in [2.75, 3.05) is 0 Å². The van der Waals surface area contributed by atoms with Crippen LogP contribution in [0.3, 0.4) is 0 Å². The van der Waals surface area contributed by atoms with Gasteiger partial charge in [0.15, 0.2) is 0 Å². The third-order valence-corrected chi connectivity index (χ3v) is 4.03. The topological polar surface area (TPSA) is 0 Å². The van der Waals surface area contributed by atoms with Crippen molar-refractivity contribution < 1.29 is 0 Å². The summed E-state index contributed by atoms with van der Waals surface area (Å²) >= 11 is 0. The maximum Gasteiger partial charge on any atom is -0.0131 e. The minimum atomic E-state index is 0.838. The van der Waals surface area contributed by atoms with Gasteiger partial charge >= 0.3 is 0 Å². The summed E-state index contributed by atoms with van der Waals surface area (Å²) in [7, 11) is 0. The molecule has 0 bridgehead atoms. The van der Waals surface area contributed by atoms with E-state index in [-0.39, 0.29) is 0 Å². The van der Waals surface area contributed by atoms with Crippen molar-refractivity contribution in [1.82, 2.24) is 0 Å². The van der Waals surface area contributed by atoms with Crippen molar-refractivity contribution in [3.63, 3.8) is 0 Å². The van der Waals surface area contributed by atoms with E-state index in [1.165, 1.54) is 32.1 Å². The van der Waals surface area contributed by atoms with Crippen LogP contribution in [0.2, 0.25) is 0 Å². The van der Waals surface area contributed by atoms with E-state index in [4.69, 9.17) is 0 Å². The third-order valence-electron chi connectivity index (χ3n) is 4.03. The van der Waals surface area contributed by atoms with Crippen LogP contribution in [0.1, 0.15) is 56.6 Å². The molecule has 1 aliphatic carbocycles. The van der Waals surface area contributed by atoms with E-state index >= 15 is 0 Å². The smallest absolute Gasteiger partial charge is 0.0131 e. The minimum absolute atomic E-state index is 0.838. The molecule has 1 aromatic carbocycles. The molecular formula is C15H22. The lowest BCUT2D eigenvalue weighted by Crippen LogP contribution is -2.17. The van der Waals surface area contributed by atoms with E-state index in [9.17, 15) is 0 Å². The van der Waals surface area contributed by atoms with Gasteiger partial charge in [-0.05, 0) is 42.2 Å². The molecule has 1 aliphatic rings. The lowest BCUT2D eigenvalue weighted by molar-refractivity contribution is 0.358. The standard InChI is InChI=1S/C15H22/c1-3-12(4-2)14-11-7-9-13-8-5-6-10-15(13)14/h5-6,8,10,12,14H,3-4,7,9,11H2,1-2H3. The number of hydrogen-bond acceptors (Lipinski definition) is 0. The predicted octanol–water partition coefficient (Wildman–Crippen LogP) is 4.54. The van der Waals surface area contributed by atoms with Crippen LogP contribution in [0.5, 0.6) is 0 Å². The fraction of sp³-hybridized carbons (Fsp3) is 0.600. The highest BCUT2D eigenvalue weighted by molar-refractivity contribution is 5.33. The van der Waals surface area contributed by atoms with Gasteiger partial charge in [-0.1, -0.05) is 51.0 Å². The quantitative estimate of drug-likeness (QED) is 0.675. The zero-order chi connectivity index (χ0) is 10.7. The molecule has 15 heavy (non-hydrogen) atoms. The van der Waals surface area contributed by atoms with Crippen molar-refractivity contribution in [2.45, 2.75) is 51.9 Å². The van der Waals surface area contributed by atoms with E-state index in [1.807, 2.05) is 0 Å². The number of benzene rings is 1. The molecule has 0 aliphatic heterocycles. The molecule has 0 nitrogen and oxygen atoms in total. The molecule has 0 heterocycles. The van der Waals surface area contributed by atoms with Gasteiger partial charge in [0.05, 0.1) is 0 Å². The maximum atomic E-state index is 2.36. The average Bonchev–Trinajstić information content (AvgIpc) is 2.31. The highest BCUT2D eigenvalue weighted by Crippen LogP contribution is 2.39. The summed E-state index contributed by atoms with van der Waals surface area (Å²) in [5, 5.41) is 0. The van der Waals surface area contributed by atoms with Gasteiger partial charge in [0, 0.05) is 0 Å². The Balaban J connectivity index is 2.28. The second-order valence-corrected chi connectivity index (χ2v) is 4.77. The van der Waals surface area contributed by atoms with Gasteiger partial charge < -0.3 is 0 Å². The Morgan fingerprint density at radius 1 is 1.20 bits per heavy atom. The van der Waals surface area contributed by atoms with Crippen LogP contribution in [-0.4, -0.2) is 0 Å². The van der Waals surface area contributed by atoms with Gasteiger partial charge in [-0.25, -0.2) is 0 Å². The number of fused-ring (bicyclic) bond motifs is 1. The highest BCUT2D eigenvalue weighted by atomic mass is 14.3. The number of rotatable bonds is 3. The van der Waals surface area contributed by atoms with E-state index in [0.29, 0.717) is 0 Å². The predicted molar refractivity (Wildman–Crippen MR) is 66.2 cm³/mol. The van der Waals surface area contributed by atoms with Gasteiger partial charge in [-0.3, -0.25) is 0 Å². The van der Waals surface area contributed by atoms with Crippen molar-refractivity contribution in [2.24, 2.45) is 5.92 Å². The molecule has 1 atom stereocenters. The zero-order valence-corrected chi connectivity index (χ0v) is 10.00. The van der Waals surface area contributed by atoms with Crippen LogP contribution in [0, 0.1) is 5.92 Å². The average molecular weight is 202 g/mol. The molecule has 1 unspecified atom stereocenters. The Bertz CT molecular complexity index is 310. The van der Waals surface area contributed by atoms with E-state index in [2.05, 4.69) is 38.1 Å². The molecule has 82 valence electrons. The largest absolute Gasteiger partial charge is 0.0651 e. The summed E-state index contributed by atoms with van der Waals surface area (Å²) in [5.41, 5.74) is 3.26. The first-order chi connectivity index (χ1) is 7.36. The Morgan fingerprint density at radius 3 is 2.67 bits per heavy atom. The molecule has 0 aromatic heterocycles. The summed E-state index contributed by atoms with van der Waals surface area (Å²) in [4.78, 5) is 0. The first-order valence-electron chi connectivity index (χ1n) is 6.44. The molecule has 0 N–H and O–H groups in total. The number of hydrogen-bond donors (Lipinski definition) is 0. The molecule has 0 amide bonds. The normalized spacial score (nSPS) is 20.3. The molecule has 1 aromatic rings. The maximum absolute atomic E-state index is 2.36. The van der Waals surface area contributed by atoms with Crippen LogP contribution >= 0.6 is 0 Å². The second kappa shape index (κ2) is 4.83. The first-order valence-corrected chi connectivity index (χ1v) is 6.44. The summed E-state index contributed by atoms with van der Waals surface area (Å²) in [6.45, 7) is 4.68. The van der Waals surface area contributed by atoms with Crippen LogP contribution in [0.25, 0.3) is 0 Å². The van der Waals surface area contributed by atoms with Crippen LogP contribution in [0.15, 0.2) is 24.3 Å². The molecule has 0 fully saturated rings. The van der Waals surface area contributed by atoms with Crippen molar-refractivity contribution in [1.29, 1.82) is 0 Å². The fourth-order valence-corrected chi connectivity index (χ4v) is 3.14. The van der Waals surface area contributed by atoms with Crippen LogP contribution in [-0.2, 0) is 6.42 Å². The summed E-state index contributed by atoms with van der Waals surface area (Å²) in [6, 6.07) is 9.08. The van der Waals surface area contributed by atoms with Gasteiger partial charge in [0.25, 0.3) is 0 Å². The highest BCUT2D eigenvalue weighted by Gasteiger charge is 2.25. The van der Waals surface area contributed by atoms with Crippen molar-refractivity contribution in [3.05, 3.63) is 35.4 Å². The Hall–Kier alpha value is -0.780. The SMILES string of the molecule is CCC(CC)C1CCCc2ccccc21. The number of aryl methyl sites for hydroxylation is 1. The van der Waals surface area contributed by atoms with Crippen LogP contribution in [0.4, 0.5) is 0 Å².